The van der Waals surface area contributed by atoms with Gasteiger partial charge in [-0.25, -0.2) is 0 Å². The Morgan fingerprint density at radius 2 is 0.750 bits per heavy atom. The molecule has 0 heterocycles. The molecule has 0 spiro atoms. The summed E-state index contributed by atoms with van der Waals surface area (Å²) in [6.07, 6.45) is 2.78. The van der Waals surface area contributed by atoms with Gasteiger partial charge in [-0.1, -0.05) is 21.6 Å². The molecule has 0 N–H and O–H groups in total. The van der Waals surface area contributed by atoms with E-state index in [0.717, 1.165) is 0 Å². The van der Waals surface area contributed by atoms with Crippen molar-refractivity contribution in [1.29, 1.82) is 0 Å². The highest BCUT2D eigenvalue weighted by Gasteiger charge is 2.43. The quantitative estimate of drug-likeness (QED) is 0.123. The smallest absolute Gasteiger partial charge is 0.304 e. The zero-order chi connectivity index (χ0) is 22.1. The molecule has 0 aromatic heterocycles. The Morgan fingerprint density at radius 3 is 0.893 bits per heavy atom. The summed E-state index contributed by atoms with van der Waals surface area (Å²) >= 11 is 2.80. The fraction of sp³-hybridized carbons (Fsp3) is 1.00. The van der Waals surface area contributed by atoms with E-state index in [1.165, 1.54) is 45.1 Å². The maximum absolute atomic E-state index is 13.4. The lowest BCUT2D eigenvalue weighted by Crippen LogP contribution is -2.15. The third-order valence-electron chi connectivity index (χ3n) is 2.57. The van der Waals surface area contributed by atoms with Gasteiger partial charge in [-0.05, 0) is 67.9 Å². The lowest BCUT2D eigenvalue weighted by atomic mass is 10.5. The van der Waals surface area contributed by atoms with E-state index in [0.29, 0.717) is 0 Å². The monoisotopic (exact) mass is 514 g/mol. The number of rotatable bonds is 15. The van der Waals surface area contributed by atoms with Gasteiger partial charge < -0.3 is 18.1 Å². The van der Waals surface area contributed by atoms with Crippen molar-refractivity contribution in [2.24, 2.45) is 0 Å². The predicted octanol–water partition coefficient (Wildman–Crippen LogP) is 7.75. The molecule has 170 valence electrons. The molecule has 0 aliphatic carbocycles. The normalized spacial score (nSPS) is 15.8. The summed E-state index contributed by atoms with van der Waals surface area (Å²) in [7, 11) is -4.10. The molecule has 28 heavy (non-hydrogen) atoms. The molecule has 2 unspecified atom stereocenters. The first-order valence-corrected chi connectivity index (χ1v) is 17.2. The van der Waals surface area contributed by atoms with Gasteiger partial charge in [-0.3, -0.25) is 9.13 Å². The maximum Gasteiger partial charge on any atom is 0.354 e. The molecule has 0 aliphatic heterocycles. The van der Waals surface area contributed by atoms with Crippen molar-refractivity contribution >= 4 is 60.3 Å². The van der Waals surface area contributed by atoms with Gasteiger partial charge in [0.1, 0.15) is 0 Å². The minimum atomic E-state index is -3.39. The second kappa shape index (κ2) is 14.0. The van der Waals surface area contributed by atoms with Crippen molar-refractivity contribution in [2.45, 2.75) is 88.5 Å². The molecule has 0 saturated carbocycles. The van der Waals surface area contributed by atoms with E-state index in [2.05, 4.69) is 0 Å². The summed E-state index contributed by atoms with van der Waals surface area (Å²) in [5.41, 5.74) is 0. The summed E-state index contributed by atoms with van der Waals surface area (Å²) in [4.78, 5) is 0. The van der Waals surface area contributed by atoms with E-state index in [4.69, 9.17) is 18.1 Å². The van der Waals surface area contributed by atoms with Gasteiger partial charge in [0.05, 0.1) is 24.4 Å². The van der Waals surface area contributed by atoms with Gasteiger partial charge >= 0.3 is 15.2 Å². The average molecular weight is 515 g/mol. The Morgan fingerprint density at radius 1 is 0.536 bits per heavy atom. The van der Waals surface area contributed by atoms with Gasteiger partial charge in [0.25, 0.3) is 0 Å². The molecule has 0 aliphatic rings. The first-order chi connectivity index (χ1) is 12.8. The van der Waals surface area contributed by atoms with Crippen LogP contribution in [0.25, 0.3) is 0 Å². The average Bonchev–Trinajstić information content (AvgIpc) is 2.47. The van der Waals surface area contributed by atoms with Crippen molar-refractivity contribution < 1.29 is 27.2 Å². The van der Waals surface area contributed by atoms with Crippen LogP contribution in [0.2, 0.25) is 0 Å². The Hall–Kier alpha value is 1.70. The van der Waals surface area contributed by atoms with E-state index in [-0.39, 0.29) is 24.4 Å². The molecular weight excluding hydrogens is 478 g/mol. The van der Waals surface area contributed by atoms with Crippen molar-refractivity contribution in [3.8, 4) is 0 Å². The van der Waals surface area contributed by atoms with E-state index in [1.54, 1.807) is 0 Å². The Labute approximate surface area is 187 Å². The van der Waals surface area contributed by atoms with Gasteiger partial charge in [0, 0.05) is 0 Å². The number of thioether (sulfide) groups is 2. The molecule has 0 rings (SSSR count). The van der Waals surface area contributed by atoms with Gasteiger partial charge in [0.15, 0.2) is 8.65 Å². The van der Waals surface area contributed by atoms with Crippen LogP contribution in [-0.4, -0.2) is 45.6 Å². The molecule has 6 nitrogen and oxygen atoms in total. The van der Waals surface area contributed by atoms with E-state index in [9.17, 15) is 9.13 Å². The van der Waals surface area contributed by atoms with Crippen LogP contribution < -0.4 is 0 Å². The van der Waals surface area contributed by atoms with Crippen molar-refractivity contribution in [3.63, 3.8) is 0 Å². The maximum atomic E-state index is 13.4. The summed E-state index contributed by atoms with van der Waals surface area (Å²) in [6.45, 7) is 14.6. The largest absolute Gasteiger partial charge is 0.354 e. The third-order valence-corrected chi connectivity index (χ3v) is 17.5. The minimum absolute atomic E-state index is 0.235. The zero-order valence-corrected chi connectivity index (χ0v) is 23.5. The fourth-order valence-electron chi connectivity index (χ4n) is 1.96. The first kappa shape index (κ1) is 29.7. The second-order valence-corrected chi connectivity index (χ2v) is 17.4. The van der Waals surface area contributed by atoms with Crippen LogP contribution in [0.15, 0.2) is 0 Å². The van der Waals surface area contributed by atoms with Crippen LogP contribution in [0.5, 0.6) is 0 Å². The molecule has 0 saturated heterocycles. The van der Waals surface area contributed by atoms with Gasteiger partial charge in [-0.2, -0.15) is 0 Å². The molecule has 0 aromatic carbocycles. The second-order valence-electron chi connectivity index (χ2n) is 6.97. The lowest BCUT2D eigenvalue weighted by Gasteiger charge is -2.31. The third kappa shape index (κ3) is 10.8. The molecular formula is C16H36O6P2S4. The standard InChI is InChI=1S/C16H36O6P2S4/c1-11(2)19-23(17,20-12(3)4)15(25-9)27-28-16(26-10)24(18,21-13(5)6)22-14(7)8/h11-16H,1-10H3. The van der Waals surface area contributed by atoms with Gasteiger partial charge in [0.2, 0.25) is 0 Å². The molecule has 2 atom stereocenters. The Balaban J connectivity index is 5.50. The van der Waals surface area contributed by atoms with Crippen LogP contribution in [0.3, 0.4) is 0 Å². The van der Waals surface area contributed by atoms with E-state index < -0.39 is 23.8 Å². The highest BCUT2D eigenvalue weighted by Crippen LogP contribution is 2.69. The highest BCUT2D eigenvalue weighted by molar-refractivity contribution is 8.82. The Bertz CT molecular complexity index is 459. The highest BCUT2D eigenvalue weighted by atomic mass is 33.1. The number of hydrogen-bond donors (Lipinski definition) is 0. The van der Waals surface area contributed by atoms with E-state index in [1.807, 2.05) is 67.9 Å². The molecule has 0 amide bonds. The minimum Gasteiger partial charge on any atom is -0.304 e. The fourth-order valence-corrected chi connectivity index (χ4v) is 15.3. The van der Waals surface area contributed by atoms with Gasteiger partial charge in [-0.15, -0.1) is 23.5 Å². The zero-order valence-electron chi connectivity index (χ0n) is 18.4. The number of hydrogen-bond acceptors (Lipinski definition) is 10. The van der Waals surface area contributed by atoms with Crippen LogP contribution in [-0.2, 0) is 27.2 Å². The molecule has 0 aromatic rings. The van der Waals surface area contributed by atoms with Crippen LogP contribution >= 0.6 is 60.3 Å². The van der Waals surface area contributed by atoms with Crippen molar-refractivity contribution in [3.05, 3.63) is 0 Å². The topological polar surface area (TPSA) is 71.1 Å². The molecule has 0 bridgehead atoms. The Kier molecular flexibility index (Phi) is 14.8. The molecule has 0 fully saturated rings. The predicted molar refractivity (Wildman–Crippen MR) is 130 cm³/mol. The molecule has 0 radical (unpaired) electrons. The van der Waals surface area contributed by atoms with Crippen molar-refractivity contribution in [1.82, 2.24) is 0 Å². The van der Waals surface area contributed by atoms with Crippen LogP contribution in [0, 0.1) is 0 Å². The lowest BCUT2D eigenvalue weighted by molar-refractivity contribution is 0.143. The van der Waals surface area contributed by atoms with E-state index >= 15 is 0 Å². The SMILES string of the molecule is CSC(SSC(SC)P(=O)(OC(C)C)OC(C)C)P(=O)(OC(C)C)OC(C)C. The summed E-state index contributed by atoms with van der Waals surface area (Å²) in [5.74, 6) is 0. The summed E-state index contributed by atoms with van der Waals surface area (Å²) in [5, 5.41) is 0. The summed E-state index contributed by atoms with van der Waals surface area (Å²) in [6, 6.07) is 0. The van der Waals surface area contributed by atoms with Crippen LogP contribution in [0.4, 0.5) is 0 Å². The van der Waals surface area contributed by atoms with Crippen LogP contribution in [0.1, 0.15) is 55.4 Å². The first-order valence-electron chi connectivity index (χ1n) is 9.10. The molecule has 12 heteroatoms. The summed E-state index contributed by atoms with van der Waals surface area (Å²) < 4.78 is 48.8. The van der Waals surface area contributed by atoms with Crippen molar-refractivity contribution in [2.75, 3.05) is 12.5 Å².